The molecular formula is C21H19FN2. The lowest BCUT2D eigenvalue weighted by Crippen LogP contribution is -2.04. The molecule has 3 aromatic rings. The molecule has 120 valence electrons. The molecule has 0 saturated heterocycles. The number of pyridine rings is 1. The third-order valence-electron chi connectivity index (χ3n) is 3.84. The van der Waals surface area contributed by atoms with Gasteiger partial charge in [0.05, 0.1) is 5.71 Å². The molecule has 0 aliphatic heterocycles. The van der Waals surface area contributed by atoms with Crippen LogP contribution in [0.15, 0.2) is 71.7 Å². The standard InChI is InChI=1S/C21H19FN2/c1-3-16-14-15(2)23-21(19(16)22)24-20(17-10-6-4-7-11-17)18-12-8-5-9-13-18/h4-14H,3H2,1-2H3. The van der Waals surface area contributed by atoms with Crippen molar-refractivity contribution in [1.29, 1.82) is 0 Å². The smallest absolute Gasteiger partial charge is 0.189 e. The number of halogens is 1. The van der Waals surface area contributed by atoms with Crippen molar-refractivity contribution in [3.8, 4) is 0 Å². The van der Waals surface area contributed by atoms with Gasteiger partial charge in [0, 0.05) is 16.8 Å². The number of rotatable bonds is 4. The molecular weight excluding hydrogens is 299 g/mol. The summed E-state index contributed by atoms with van der Waals surface area (Å²) in [5, 5.41) is 0. The molecule has 3 heteroatoms. The minimum atomic E-state index is -0.340. The van der Waals surface area contributed by atoms with Crippen LogP contribution >= 0.6 is 0 Å². The Bertz CT molecular complexity index is 814. The first-order valence-corrected chi connectivity index (χ1v) is 8.04. The number of aromatic nitrogens is 1. The lowest BCUT2D eigenvalue weighted by molar-refractivity contribution is 0.607. The summed E-state index contributed by atoms with van der Waals surface area (Å²) in [7, 11) is 0. The molecule has 1 aromatic heterocycles. The quantitative estimate of drug-likeness (QED) is 0.602. The third kappa shape index (κ3) is 3.40. The van der Waals surface area contributed by atoms with Gasteiger partial charge in [-0.2, -0.15) is 0 Å². The highest BCUT2D eigenvalue weighted by Gasteiger charge is 2.13. The van der Waals surface area contributed by atoms with Crippen LogP contribution in [0.25, 0.3) is 0 Å². The summed E-state index contributed by atoms with van der Waals surface area (Å²) in [4.78, 5) is 8.91. The monoisotopic (exact) mass is 318 g/mol. The molecule has 2 aromatic carbocycles. The Labute approximate surface area is 141 Å². The number of hydrogen-bond donors (Lipinski definition) is 0. The summed E-state index contributed by atoms with van der Waals surface area (Å²) < 4.78 is 14.7. The van der Waals surface area contributed by atoms with Crippen LogP contribution in [0.4, 0.5) is 10.2 Å². The summed E-state index contributed by atoms with van der Waals surface area (Å²) >= 11 is 0. The fraction of sp³-hybridized carbons (Fsp3) is 0.143. The lowest BCUT2D eigenvalue weighted by Gasteiger charge is -2.09. The van der Waals surface area contributed by atoms with E-state index >= 15 is 0 Å². The molecule has 24 heavy (non-hydrogen) atoms. The van der Waals surface area contributed by atoms with Gasteiger partial charge in [-0.05, 0) is 25.0 Å². The summed E-state index contributed by atoms with van der Waals surface area (Å²) in [5.74, 6) is -0.193. The van der Waals surface area contributed by atoms with Gasteiger partial charge in [0.25, 0.3) is 0 Å². The van der Waals surface area contributed by atoms with Crippen LogP contribution in [0.2, 0.25) is 0 Å². The highest BCUT2D eigenvalue weighted by molar-refractivity contribution is 6.13. The van der Waals surface area contributed by atoms with E-state index in [0.717, 1.165) is 22.5 Å². The van der Waals surface area contributed by atoms with E-state index in [1.165, 1.54) is 0 Å². The van der Waals surface area contributed by atoms with Gasteiger partial charge in [-0.1, -0.05) is 67.6 Å². The number of nitrogens with zero attached hydrogens (tertiary/aromatic N) is 2. The van der Waals surface area contributed by atoms with E-state index in [-0.39, 0.29) is 11.6 Å². The summed E-state index contributed by atoms with van der Waals surface area (Å²) in [5.41, 5.74) is 4.00. The van der Waals surface area contributed by atoms with Gasteiger partial charge < -0.3 is 0 Å². The number of benzene rings is 2. The highest BCUT2D eigenvalue weighted by Crippen LogP contribution is 2.23. The lowest BCUT2D eigenvalue weighted by atomic mass is 10.0. The minimum Gasteiger partial charge on any atom is -0.231 e. The van der Waals surface area contributed by atoms with E-state index in [0.29, 0.717) is 12.0 Å². The average Bonchev–Trinajstić information content (AvgIpc) is 2.63. The second kappa shape index (κ2) is 7.18. The molecule has 3 rings (SSSR count). The highest BCUT2D eigenvalue weighted by atomic mass is 19.1. The van der Waals surface area contributed by atoms with Crippen molar-refractivity contribution in [2.75, 3.05) is 0 Å². The first kappa shape index (κ1) is 16.1. The Kier molecular flexibility index (Phi) is 4.80. The van der Waals surface area contributed by atoms with Crippen LogP contribution in [-0.2, 0) is 6.42 Å². The Balaban J connectivity index is 2.20. The predicted molar refractivity (Wildman–Crippen MR) is 96.5 cm³/mol. The molecule has 0 atom stereocenters. The van der Waals surface area contributed by atoms with Crippen LogP contribution in [0.3, 0.4) is 0 Å². The molecule has 0 saturated carbocycles. The number of aliphatic imine (C=N–C) groups is 1. The van der Waals surface area contributed by atoms with Gasteiger partial charge >= 0.3 is 0 Å². The second-order valence-corrected chi connectivity index (χ2v) is 5.61. The second-order valence-electron chi connectivity index (χ2n) is 5.61. The van der Waals surface area contributed by atoms with Crippen LogP contribution in [-0.4, -0.2) is 10.7 Å². The maximum atomic E-state index is 14.7. The van der Waals surface area contributed by atoms with Crippen molar-refractivity contribution >= 4 is 11.5 Å². The van der Waals surface area contributed by atoms with Crippen molar-refractivity contribution in [2.24, 2.45) is 4.99 Å². The Hall–Kier alpha value is -2.81. The summed E-state index contributed by atoms with van der Waals surface area (Å²) in [6.07, 6.45) is 0.615. The molecule has 2 nitrogen and oxygen atoms in total. The molecule has 0 aliphatic carbocycles. The largest absolute Gasteiger partial charge is 0.231 e. The van der Waals surface area contributed by atoms with Gasteiger partial charge in [-0.25, -0.2) is 14.4 Å². The molecule has 0 unspecified atom stereocenters. The van der Waals surface area contributed by atoms with E-state index in [1.54, 1.807) is 6.07 Å². The van der Waals surface area contributed by atoms with Gasteiger partial charge in [-0.3, -0.25) is 0 Å². The Morgan fingerprint density at radius 1 is 0.958 bits per heavy atom. The van der Waals surface area contributed by atoms with Crippen LogP contribution < -0.4 is 0 Å². The van der Waals surface area contributed by atoms with Crippen LogP contribution in [0.5, 0.6) is 0 Å². The van der Waals surface area contributed by atoms with Crippen molar-refractivity contribution in [3.05, 3.63) is 94.9 Å². The molecule has 0 aliphatic rings. The molecule has 0 N–H and O–H groups in total. The molecule has 0 amide bonds. The van der Waals surface area contributed by atoms with E-state index in [2.05, 4.69) is 9.98 Å². The molecule has 1 heterocycles. The fourth-order valence-corrected chi connectivity index (χ4v) is 2.63. The molecule has 0 spiro atoms. The Morgan fingerprint density at radius 3 is 2.00 bits per heavy atom. The van der Waals surface area contributed by atoms with Gasteiger partial charge in [0.2, 0.25) is 0 Å². The first-order chi connectivity index (χ1) is 11.7. The van der Waals surface area contributed by atoms with Crippen molar-refractivity contribution in [3.63, 3.8) is 0 Å². The van der Waals surface area contributed by atoms with Gasteiger partial charge in [0.15, 0.2) is 11.6 Å². The maximum absolute atomic E-state index is 14.7. The Morgan fingerprint density at radius 2 is 1.50 bits per heavy atom. The zero-order valence-electron chi connectivity index (χ0n) is 13.8. The fourth-order valence-electron chi connectivity index (χ4n) is 2.63. The minimum absolute atomic E-state index is 0.148. The molecule has 0 radical (unpaired) electrons. The first-order valence-electron chi connectivity index (χ1n) is 8.04. The zero-order valence-corrected chi connectivity index (χ0v) is 13.8. The van der Waals surface area contributed by atoms with E-state index < -0.39 is 0 Å². The third-order valence-corrected chi connectivity index (χ3v) is 3.84. The van der Waals surface area contributed by atoms with Crippen LogP contribution in [0, 0.1) is 12.7 Å². The maximum Gasteiger partial charge on any atom is 0.189 e. The topological polar surface area (TPSA) is 25.2 Å². The number of hydrogen-bond acceptors (Lipinski definition) is 2. The van der Waals surface area contributed by atoms with Crippen molar-refractivity contribution in [2.45, 2.75) is 20.3 Å². The average molecular weight is 318 g/mol. The predicted octanol–water partition coefficient (Wildman–Crippen LogP) is 5.26. The van der Waals surface area contributed by atoms with Gasteiger partial charge in [0.1, 0.15) is 0 Å². The normalized spacial score (nSPS) is 10.5. The molecule has 0 bridgehead atoms. The summed E-state index contributed by atoms with van der Waals surface area (Å²) in [6.45, 7) is 3.79. The zero-order chi connectivity index (χ0) is 16.9. The molecule has 0 fully saturated rings. The van der Waals surface area contributed by atoms with E-state index in [4.69, 9.17) is 0 Å². The van der Waals surface area contributed by atoms with Crippen molar-refractivity contribution < 1.29 is 4.39 Å². The van der Waals surface area contributed by atoms with E-state index in [1.807, 2.05) is 74.5 Å². The van der Waals surface area contributed by atoms with E-state index in [9.17, 15) is 4.39 Å². The van der Waals surface area contributed by atoms with Crippen molar-refractivity contribution in [1.82, 2.24) is 4.98 Å². The van der Waals surface area contributed by atoms with Crippen LogP contribution in [0.1, 0.15) is 29.3 Å². The van der Waals surface area contributed by atoms with Gasteiger partial charge in [-0.15, -0.1) is 0 Å². The number of aryl methyl sites for hydroxylation is 2. The SMILES string of the molecule is CCc1cc(C)nc(N=C(c2ccccc2)c2ccccc2)c1F. The summed E-state index contributed by atoms with van der Waals surface area (Å²) in [6, 6.07) is 21.4.